The molecule has 0 amide bonds. The molecule has 0 saturated carbocycles. The van der Waals surface area contributed by atoms with Crippen molar-refractivity contribution < 1.29 is 10.4 Å². The fraction of sp³-hybridized carbons (Fsp3) is 0.0625. The van der Waals surface area contributed by atoms with Gasteiger partial charge in [0.2, 0.25) is 0 Å². The van der Waals surface area contributed by atoms with Crippen LogP contribution in [-0.4, -0.2) is 16.6 Å². The minimum atomic E-state index is -0.632. The van der Waals surface area contributed by atoms with Gasteiger partial charge >= 0.3 is 0 Å². The molecule has 0 unspecified atom stereocenters. The van der Waals surface area contributed by atoms with Crippen molar-refractivity contribution in [2.75, 3.05) is 15.9 Å². The summed E-state index contributed by atoms with van der Waals surface area (Å²) in [5.41, 5.74) is 4.21. The number of benzene rings is 2. The number of rotatable bonds is 6. The molecule has 2 aromatic rings. The number of nitrogens with zero attached hydrogens (tertiary/aromatic N) is 3. The van der Waals surface area contributed by atoms with Crippen molar-refractivity contribution in [1.82, 2.24) is 0 Å². The minimum Gasteiger partial charge on any atom is -0.769 e. The Labute approximate surface area is 138 Å². The predicted octanol–water partition coefficient (Wildman–Crippen LogP) is 3.55. The fourth-order valence-corrected chi connectivity index (χ4v) is 2.02. The van der Waals surface area contributed by atoms with Crippen LogP contribution in [0.4, 0.5) is 17.1 Å². The molecule has 24 heavy (non-hydrogen) atoms. The summed E-state index contributed by atoms with van der Waals surface area (Å²) in [5.74, 6) is 0. The lowest BCUT2D eigenvalue weighted by atomic mass is 10.1. The molecule has 0 atom stereocenters. The molecular formula is C16H16N4O4-2. The van der Waals surface area contributed by atoms with Gasteiger partial charge in [-0.3, -0.25) is 15.8 Å². The molecular weight excluding hydrogens is 312 g/mol. The van der Waals surface area contributed by atoms with Crippen LogP contribution in [-0.2, 0) is 0 Å². The molecule has 8 heteroatoms. The molecule has 0 aromatic heterocycles. The second-order valence-corrected chi connectivity index (χ2v) is 4.75. The van der Waals surface area contributed by atoms with E-state index in [0.29, 0.717) is 0 Å². The molecule has 0 saturated heterocycles. The SMILES string of the molecule is CC=Cc1ccccc1C=NNc1ccc(N([O-])[O-])cc1N(O)O. The van der Waals surface area contributed by atoms with Gasteiger partial charge in [0.15, 0.2) is 0 Å². The minimum absolute atomic E-state index is 0.192. The first-order valence-corrected chi connectivity index (χ1v) is 7.00. The number of nitrogens with one attached hydrogen (secondary N) is 1. The maximum Gasteiger partial charge on any atom is 0.121 e. The van der Waals surface area contributed by atoms with Gasteiger partial charge in [0, 0.05) is 11.3 Å². The highest BCUT2D eigenvalue weighted by atomic mass is 16.8. The molecule has 8 nitrogen and oxygen atoms in total. The number of anilines is 3. The van der Waals surface area contributed by atoms with E-state index in [1.807, 2.05) is 43.3 Å². The second-order valence-electron chi connectivity index (χ2n) is 4.75. The topological polar surface area (TPSA) is 117 Å². The highest BCUT2D eigenvalue weighted by molar-refractivity contribution is 5.86. The molecule has 2 rings (SSSR count). The van der Waals surface area contributed by atoms with Crippen molar-refractivity contribution in [3.05, 3.63) is 70.1 Å². The lowest BCUT2D eigenvalue weighted by molar-refractivity contribution is 0.0295. The van der Waals surface area contributed by atoms with Crippen LogP contribution in [0.5, 0.6) is 0 Å². The highest BCUT2D eigenvalue weighted by Crippen LogP contribution is 2.29. The summed E-state index contributed by atoms with van der Waals surface area (Å²) in [6.07, 6.45) is 5.41. The number of hydrogen-bond acceptors (Lipinski definition) is 8. The average Bonchev–Trinajstić information content (AvgIpc) is 2.56. The molecule has 126 valence electrons. The van der Waals surface area contributed by atoms with Gasteiger partial charge in [-0.1, -0.05) is 36.4 Å². The lowest BCUT2D eigenvalue weighted by Gasteiger charge is -2.37. The van der Waals surface area contributed by atoms with Gasteiger partial charge in [0.25, 0.3) is 0 Å². The molecule has 0 aliphatic heterocycles. The first kappa shape index (κ1) is 17.4. The number of hydrogen-bond donors (Lipinski definition) is 3. The Hall–Kier alpha value is -2.91. The largest absolute Gasteiger partial charge is 0.769 e. The fourth-order valence-electron chi connectivity index (χ4n) is 2.02. The van der Waals surface area contributed by atoms with Crippen LogP contribution >= 0.6 is 0 Å². The molecule has 3 N–H and O–H groups in total. The molecule has 0 bridgehead atoms. The Bertz CT molecular complexity index is 745. The lowest BCUT2D eigenvalue weighted by Crippen LogP contribution is -2.14. The van der Waals surface area contributed by atoms with E-state index in [2.05, 4.69) is 10.5 Å². The number of allylic oxidation sites excluding steroid dienone is 1. The van der Waals surface area contributed by atoms with Crippen LogP contribution < -0.4 is 15.9 Å². The number of hydrazone groups is 1. The van der Waals surface area contributed by atoms with Crippen molar-refractivity contribution in [3.63, 3.8) is 0 Å². The molecule has 0 fully saturated rings. The Morgan fingerprint density at radius 3 is 2.42 bits per heavy atom. The van der Waals surface area contributed by atoms with E-state index in [4.69, 9.17) is 0 Å². The van der Waals surface area contributed by atoms with Gasteiger partial charge in [-0.2, -0.15) is 5.10 Å². The highest BCUT2D eigenvalue weighted by Gasteiger charge is 2.08. The standard InChI is InChI=1S/C16H16N4O4/c1-2-5-12-6-3-4-7-13(12)11-17-18-15-9-8-14(19(21)22)10-16(15)20(23)24/h2-11,18,23-24H,1H3/q-2. The maximum absolute atomic E-state index is 10.8. The Morgan fingerprint density at radius 1 is 1.08 bits per heavy atom. The third-order valence-corrected chi connectivity index (χ3v) is 3.14. The Balaban J connectivity index is 2.23. The molecule has 0 radical (unpaired) electrons. The Morgan fingerprint density at radius 2 is 1.79 bits per heavy atom. The smallest absolute Gasteiger partial charge is 0.121 e. The third-order valence-electron chi connectivity index (χ3n) is 3.14. The van der Waals surface area contributed by atoms with Gasteiger partial charge in [0.05, 0.1) is 11.9 Å². The van der Waals surface area contributed by atoms with Crippen LogP contribution in [0.3, 0.4) is 0 Å². The van der Waals surface area contributed by atoms with E-state index < -0.39 is 5.23 Å². The van der Waals surface area contributed by atoms with Crippen molar-refractivity contribution >= 4 is 29.4 Å². The van der Waals surface area contributed by atoms with E-state index in [-0.39, 0.29) is 22.3 Å². The van der Waals surface area contributed by atoms with Gasteiger partial charge in [0.1, 0.15) is 5.69 Å². The van der Waals surface area contributed by atoms with Crippen molar-refractivity contribution in [3.8, 4) is 0 Å². The van der Waals surface area contributed by atoms with Crippen LogP contribution in [0.15, 0.2) is 53.6 Å². The summed E-state index contributed by atoms with van der Waals surface area (Å²) in [4.78, 5) is 0. The molecule has 0 aliphatic rings. The molecule has 0 heterocycles. The molecule has 0 aliphatic carbocycles. The first-order valence-electron chi connectivity index (χ1n) is 7.00. The summed E-state index contributed by atoms with van der Waals surface area (Å²) >= 11 is 0. The molecule has 2 aromatic carbocycles. The molecule has 0 spiro atoms. The van der Waals surface area contributed by atoms with Crippen molar-refractivity contribution in [1.29, 1.82) is 0 Å². The van der Waals surface area contributed by atoms with Gasteiger partial charge in [-0.15, -0.1) is 5.23 Å². The second kappa shape index (κ2) is 8.09. The van der Waals surface area contributed by atoms with Crippen LogP contribution in [0, 0.1) is 10.4 Å². The average molecular weight is 328 g/mol. The zero-order valence-electron chi connectivity index (χ0n) is 12.8. The van der Waals surface area contributed by atoms with Crippen LogP contribution in [0.25, 0.3) is 6.08 Å². The van der Waals surface area contributed by atoms with Crippen LogP contribution in [0.2, 0.25) is 0 Å². The van der Waals surface area contributed by atoms with Crippen molar-refractivity contribution in [2.24, 2.45) is 5.10 Å². The summed E-state index contributed by atoms with van der Waals surface area (Å²) in [7, 11) is 0. The van der Waals surface area contributed by atoms with E-state index in [9.17, 15) is 20.8 Å². The maximum atomic E-state index is 10.8. The van der Waals surface area contributed by atoms with Gasteiger partial charge in [-0.25, -0.2) is 0 Å². The zero-order chi connectivity index (χ0) is 17.5. The third kappa shape index (κ3) is 4.31. The zero-order valence-corrected chi connectivity index (χ0v) is 12.8. The van der Waals surface area contributed by atoms with E-state index >= 15 is 0 Å². The monoisotopic (exact) mass is 328 g/mol. The predicted molar refractivity (Wildman–Crippen MR) is 94.1 cm³/mol. The quantitative estimate of drug-likeness (QED) is 0.548. The van der Waals surface area contributed by atoms with Crippen molar-refractivity contribution in [2.45, 2.75) is 6.92 Å². The van der Waals surface area contributed by atoms with E-state index in [0.717, 1.165) is 17.2 Å². The normalized spacial score (nSPS) is 11.2. The van der Waals surface area contributed by atoms with Gasteiger partial charge < -0.3 is 15.6 Å². The summed E-state index contributed by atoms with van der Waals surface area (Å²) in [5, 5.41) is 43.1. The Kier molecular flexibility index (Phi) is 5.88. The van der Waals surface area contributed by atoms with Gasteiger partial charge in [-0.05, 0) is 30.7 Å². The summed E-state index contributed by atoms with van der Waals surface area (Å²) in [6, 6.07) is 11.2. The summed E-state index contributed by atoms with van der Waals surface area (Å²) in [6.45, 7) is 1.91. The van der Waals surface area contributed by atoms with E-state index in [1.54, 1.807) is 6.21 Å². The van der Waals surface area contributed by atoms with E-state index in [1.165, 1.54) is 12.1 Å². The first-order chi connectivity index (χ1) is 11.5. The van der Waals surface area contributed by atoms with Crippen LogP contribution in [0.1, 0.15) is 18.1 Å². The summed E-state index contributed by atoms with van der Waals surface area (Å²) < 4.78 is 0.